The molecular weight excluding hydrogens is 276 g/mol. The fraction of sp³-hybridized carbons (Fsp3) is 0.429. The zero-order valence-corrected chi connectivity index (χ0v) is 12.5. The first-order valence-electron chi connectivity index (χ1n) is 6.59. The van der Waals surface area contributed by atoms with E-state index < -0.39 is 0 Å². The molecule has 6 heteroatoms. The van der Waals surface area contributed by atoms with Crippen LogP contribution in [0.3, 0.4) is 0 Å². The van der Waals surface area contributed by atoms with E-state index in [1.807, 2.05) is 6.07 Å². The Morgan fingerprint density at radius 1 is 1.20 bits per heavy atom. The van der Waals surface area contributed by atoms with Crippen LogP contribution in [0.1, 0.15) is 30.6 Å². The van der Waals surface area contributed by atoms with Gasteiger partial charge in [0.25, 0.3) is 0 Å². The summed E-state index contributed by atoms with van der Waals surface area (Å²) in [6, 6.07) is 10.4. The van der Waals surface area contributed by atoms with Crippen LogP contribution in [0.25, 0.3) is 0 Å². The summed E-state index contributed by atoms with van der Waals surface area (Å²) in [5.41, 5.74) is 6.76. The molecule has 0 fully saturated rings. The van der Waals surface area contributed by atoms with E-state index in [-0.39, 0.29) is 12.4 Å². The van der Waals surface area contributed by atoms with Gasteiger partial charge in [0.05, 0.1) is 13.1 Å². The zero-order valence-electron chi connectivity index (χ0n) is 11.7. The second-order valence-electron chi connectivity index (χ2n) is 4.50. The Kier molecular flexibility index (Phi) is 7.22. The van der Waals surface area contributed by atoms with E-state index in [1.165, 1.54) is 5.56 Å². The molecule has 0 saturated heterocycles. The van der Waals surface area contributed by atoms with Gasteiger partial charge >= 0.3 is 0 Å². The molecule has 1 aromatic heterocycles. The molecule has 0 amide bonds. The van der Waals surface area contributed by atoms with Crippen molar-refractivity contribution in [1.29, 1.82) is 0 Å². The van der Waals surface area contributed by atoms with Crippen LogP contribution in [0.5, 0.6) is 0 Å². The highest BCUT2D eigenvalue weighted by molar-refractivity contribution is 5.85. The minimum atomic E-state index is 0. The van der Waals surface area contributed by atoms with E-state index >= 15 is 0 Å². The highest BCUT2D eigenvalue weighted by Gasteiger charge is 2.11. The number of aromatic nitrogens is 2. The van der Waals surface area contributed by atoms with Gasteiger partial charge in [0.15, 0.2) is 5.82 Å². The van der Waals surface area contributed by atoms with E-state index in [0.717, 1.165) is 19.5 Å². The lowest BCUT2D eigenvalue weighted by atomic mass is 10.2. The largest absolute Gasteiger partial charge is 0.338 e. The smallest absolute Gasteiger partial charge is 0.240 e. The molecule has 2 rings (SSSR count). The van der Waals surface area contributed by atoms with Crippen LogP contribution in [0, 0.1) is 0 Å². The van der Waals surface area contributed by atoms with Crippen molar-refractivity contribution in [2.45, 2.75) is 33.0 Å². The van der Waals surface area contributed by atoms with E-state index in [9.17, 15) is 0 Å². The van der Waals surface area contributed by atoms with Crippen LogP contribution >= 0.6 is 12.4 Å². The number of benzene rings is 1. The normalized spacial score (nSPS) is 10.6. The molecule has 0 atom stereocenters. The maximum absolute atomic E-state index is 5.47. The monoisotopic (exact) mass is 296 g/mol. The van der Waals surface area contributed by atoms with Crippen molar-refractivity contribution in [3.05, 3.63) is 47.6 Å². The third-order valence-corrected chi connectivity index (χ3v) is 2.84. The van der Waals surface area contributed by atoms with Crippen LogP contribution < -0.4 is 5.73 Å². The first-order chi connectivity index (χ1) is 9.31. The van der Waals surface area contributed by atoms with Crippen molar-refractivity contribution >= 4 is 12.4 Å². The minimum absolute atomic E-state index is 0. The van der Waals surface area contributed by atoms with Crippen LogP contribution in [-0.2, 0) is 19.6 Å². The molecule has 2 N–H and O–H groups in total. The van der Waals surface area contributed by atoms with Gasteiger partial charge in [-0.05, 0) is 18.5 Å². The van der Waals surface area contributed by atoms with E-state index in [4.69, 9.17) is 10.3 Å². The summed E-state index contributed by atoms with van der Waals surface area (Å²) >= 11 is 0. The zero-order chi connectivity index (χ0) is 13.5. The quantitative estimate of drug-likeness (QED) is 0.849. The number of nitrogens with two attached hydrogens (primary N) is 1. The molecule has 0 aliphatic heterocycles. The van der Waals surface area contributed by atoms with Crippen LogP contribution in [0.4, 0.5) is 0 Å². The van der Waals surface area contributed by atoms with Gasteiger partial charge in [0.1, 0.15) is 0 Å². The molecule has 0 saturated carbocycles. The fourth-order valence-electron chi connectivity index (χ4n) is 2.01. The third kappa shape index (κ3) is 4.92. The third-order valence-electron chi connectivity index (χ3n) is 2.84. The number of halogens is 1. The Morgan fingerprint density at radius 3 is 2.55 bits per heavy atom. The molecule has 0 unspecified atom stereocenters. The summed E-state index contributed by atoms with van der Waals surface area (Å²) in [6.07, 6.45) is 1.09. The molecule has 2 aromatic rings. The first-order valence-corrected chi connectivity index (χ1v) is 6.59. The molecule has 5 nitrogen and oxygen atoms in total. The van der Waals surface area contributed by atoms with Crippen LogP contribution in [0.15, 0.2) is 34.9 Å². The molecule has 1 aromatic carbocycles. The molecule has 0 aliphatic carbocycles. The minimum Gasteiger partial charge on any atom is -0.338 e. The lowest BCUT2D eigenvalue weighted by Crippen LogP contribution is -2.24. The Labute approximate surface area is 125 Å². The summed E-state index contributed by atoms with van der Waals surface area (Å²) in [7, 11) is 0. The topological polar surface area (TPSA) is 68.2 Å². The van der Waals surface area contributed by atoms with E-state index in [2.05, 4.69) is 46.2 Å². The molecule has 20 heavy (non-hydrogen) atoms. The SMILES string of the molecule is CCCN(Cc1ccccc1)Cc1noc(CN)n1.Cl. The van der Waals surface area contributed by atoms with Crippen LogP contribution in [-0.4, -0.2) is 21.6 Å². The van der Waals surface area contributed by atoms with Crippen LogP contribution in [0.2, 0.25) is 0 Å². The summed E-state index contributed by atoms with van der Waals surface area (Å²) < 4.78 is 5.03. The average molecular weight is 297 g/mol. The lowest BCUT2D eigenvalue weighted by Gasteiger charge is -2.19. The Morgan fingerprint density at radius 2 is 1.95 bits per heavy atom. The van der Waals surface area contributed by atoms with E-state index in [1.54, 1.807) is 0 Å². The molecular formula is C14H21ClN4O. The Bertz CT molecular complexity index is 489. The first kappa shape index (κ1) is 16.6. The van der Waals surface area contributed by atoms with Gasteiger partial charge in [-0.2, -0.15) is 4.98 Å². The highest BCUT2D eigenvalue weighted by atomic mass is 35.5. The standard InChI is InChI=1S/C14H20N4O.ClH/c1-2-8-18(10-12-6-4-3-5-7-12)11-13-16-14(9-15)19-17-13;/h3-7H,2,8-11,15H2,1H3;1H. The van der Waals surface area contributed by atoms with Gasteiger partial charge in [0, 0.05) is 6.54 Å². The van der Waals surface area contributed by atoms with Gasteiger partial charge in [0.2, 0.25) is 5.89 Å². The predicted molar refractivity (Wildman–Crippen MR) is 80.3 cm³/mol. The highest BCUT2D eigenvalue weighted by Crippen LogP contribution is 2.09. The van der Waals surface area contributed by atoms with Crippen molar-refractivity contribution in [2.24, 2.45) is 5.73 Å². The van der Waals surface area contributed by atoms with Gasteiger partial charge in [-0.25, -0.2) is 0 Å². The molecule has 0 aliphatic rings. The summed E-state index contributed by atoms with van der Waals surface area (Å²) in [5, 5.41) is 3.94. The number of hydrogen-bond donors (Lipinski definition) is 1. The Hall–Kier alpha value is -1.43. The summed E-state index contributed by atoms with van der Waals surface area (Å²) in [5.74, 6) is 1.19. The molecule has 1 heterocycles. The number of hydrogen-bond acceptors (Lipinski definition) is 5. The Balaban J connectivity index is 0.00000200. The second-order valence-corrected chi connectivity index (χ2v) is 4.50. The molecule has 0 spiro atoms. The van der Waals surface area contributed by atoms with E-state index in [0.29, 0.717) is 24.8 Å². The fourth-order valence-corrected chi connectivity index (χ4v) is 2.01. The van der Waals surface area contributed by atoms with Gasteiger partial charge < -0.3 is 10.3 Å². The number of nitrogens with zero attached hydrogens (tertiary/aromatic N) is 3. The maximum atomic E-state index is 5.47. The van der Waals surface area contributed by atoms with Gasteiger partial charge in [-0.3, -0.25) is 4.90 Å². The lowest BCUT2D eigenvalue weighted by molar-refractivity contribution is 0.246. The van der Waals surface area contributed by atoms with Crippen molar-refractivity contribution in [1.82, 2.24) is 15.0 Å². The van der Waals surface area contributed by atoms with Gasteiger partial charge in [-0.15, -0.1) is 12.4 Å². The molecule has 0 radical (unpaired) electrons. The van der Waals surface area contributed by atoms with Gasteiger partial charge in [-0.1, -0.05) is 42.4 Å². The maximum Gasteiger partial charge on any atom is 0.240 e. The molecule has 110 valence electrons. The predicted octanol–water partition coefficient (Wildman–Crippen LogP) is 2.36. The van der Waals surface area contributed by atoms with Crippen molar-refractivity contribution in [3.63, 3.8) is 0 Å². The average Bonchev–Trinajstić information content (AvgIpc) is 2.88. The van der Waals surface area contributed by atoms with Crippen molar-refractivity contribution in [2.75, 3.05) is 6.54 Å². The van der Waals surface area contributed by atoms with Crippen molar-refractivity contribution in [3.8, 4) is 0 Å². The number of rotatable bonds is 7. The second kappa shape index (κ2) is 8.68. The van der Waals surface area contributed by atoms with Crippen molar-refractivity contribution < 1.29 is 4.52 Å². The summed E-state index contributed by atoms with van der Waals surface area (Å²) in [4.78, 5) is 6.55. The summed E-state index contributed by atoms with van der Waals surface area (Å²) in [6.45, 7) is 5.04. The molecule has 0 bridgehead atoms.